The predicted molar refractivity (Wildman–Crippen MR) is 74.0 cm³/mol. The minimum Gasteiger partial charge on any atom is -0.468 e. The van der Waals surface area contributed by atoms with Crippen molar-refractivity contribution >= 4 is 57.7 Å². The molecule has 0 fully saturated rings. The molecule has 0 radical (unpaired) electrons. The van der Waals surface area contributed by atoms with Gasteiger partial charge in [0.25, 0.3) is 0 Å². The number of hydrogen-bond acceptors (Lipinski definition) is 4. The summed E-state index contributed by atoms with van der Waals surface area (Å²) in [5.74, 6) is 0.579. The van der Waals surface area contributed by atoms with Crippen LogP contribution in [0.4, 0.5) is 5.82 Å². The van der Waals surface area contributed by atoms with E-state index in [2.05, 4.69) is 43.7 Å². The molecule has 5 nitrogen and oxygen atoms in total. The quantitative estimate of drug-likeness (QED) is 0.472. The van der Waals surface area contributed by atoms with Crippen molar-refractivity contribution in [2.24, 2.45) is 9.98 Å². The molecule has 0 aliphatic rings. The van der Waals surface area contributed by atoms with E-state index in [1.54, 1.807) is 18.5 Å². The summed E-state index contributed by atoms with van der Waals surface area (Å²) in [5.41, 5.74) is 0.496. The molecule has 0 spiro atoms. The van der Waals surface area contributed by atoms with Crippen molar-refractivity contribution in [3.63, 3.8) is 0 Å². The first-order valence-corrected chi connectivity index (χ1v) is 8.26. The summed E-state index contributed by atoms with van der Waals surface area (Å²) >= 11 is 8.11. The van der Waals surface area contributed by atoms with Crippen LogP contribution in [-0.4, -0.2) is 35.4 Å². The molecular formula is C7H9ClIN4OP. The Bertz CT molecular complexity index is 406. The second-order valence-electron chi connectivity index (χ2n) is 2.36. The number of rotatable bonds is 4. The Morgan fingerprint density at radius 2 is 2.40 bits per heavy atom. The van der Waals surface area contributed by atoms with E-state index < -0.39 is 0 Å². The highest BCUT2D eigenvalue weighted by Gasteiger charge is 2.19. The second-order valence-corrected chi connectivity index (χ2v) is 4.78. The Kier molecular flexibility index (Phi) is 4.95. The molecule has 0 bridgehead atoms. The zero-order chi connectivity index (χ0) is 11.4. The summed E-state index contributed by atoms with van der Waals surface area (Å²) in [6.45, 7) is 3.49. The predicted octanol–water partition coefficient (Wildman–Crippen LogP) is 2.63. The molecule has 1 aromatic heterocycles. The van der Waals surface area contributed by atoms with Crippen LogP contribution < -0.4 is 4.74 Å². The van der Waals surface area contributed by atoms with Crippen molar-refractivity contribution in [2.45, 2.75) is 0 Å². The molecule has 1 unspecified atom stereocenters. The lowest BCUT2D eigenvalue weighted by atomic mass is 10.5. The highest BCUT2D eigenvalue weighted by Crippen LogP contribution is 2.38. The molecular weight excluding hydrogens is 349 g/mol. The van der Waals surface area contributed by atoms with Gasteiger partial charge in [-0.05, 0) is 28.8 Å². The summed E-state index contributed by atoms with van der Waals surface area (Å²) in [7, 11) is 3.14. The van der Waals surface area contributed by atoms with Gasteiger partial charge < -0.3 is 4.74 Å². The Morgan fingerprint density at radius 3 is 2.80 bits per heavy atom. The van der Waals surface area contributed by atoms with Crippen LogP contribution in [-0.2, 0) is 0 Å². The topological polar surface area (TPSA) is 51.8 Å². The van der Waals surface area contributed by atoms with Gasteiger partial charge in [0.2, 0.25) is 0 Å². The van der Waals surface area contributed by atoms with Gasteiger partial charge in [0, 0.05) is 7.05 Å². The molecule has 0 aliphatic carbocycles. The summed E-state index contributed by atoms with van der Waals surface area (Å²) < 4.78 is 6.89. The minimum absolute atomic E-state index is 0.295. The molecule has 0 amide bonds. The van der Waals surface area contributed by atoms with Gasteiger partial charge in [-0.3, -0.25) is 4.99 Å². The summed E-state index contributed by atoms with van der Waals surface area (Å²) in [6, 6.07) is 0.460. The molecule has 15 heavy (non-hydrogen) atoms. The van der Waals surface area contributed by atoms with Gasteiger partial charge in [0.15, 0.2) is 11.0 Å². The van der Waals surface area contributed by atoms with E-state index in [0.717, 1.165) is 0 Å². The van der Waals surface area contributed by atoms with E-state index in [1.807, 2.05) is 0 Å². The van der Waals surface area contributed by atoms with E-state index >= 15 is 0 Å². The first kappa shape index (κ1) is 12.9. The van der Waals surface area contributed by atoms with Crippen LogP contribution in [0.15, 0.2) is 9.98 Å². The molecule has 1 atom stereocenters. The SMILES string of the molecule is C=Nc1c(C(Cl)=NC)nc(OC)n1PI. The molecule has 8 heteroatoms. The van der Waals surface area contributed by atoms with Crippen LogP contribution in [0.5, 0.6) is 6.01 Å². The summed E-state index contributed by atoms with van der Waals surface area (Å²) in [5, 5.41) is 0.295. The van der Waals surface area contributed by atoms with Crippen LogP contribution in [0.2, 0.25) is 0 Å². The van der Waals surface area contributed by atoms with E-state index in [9.17, 15) is 0 Å². The summed E-state index contributed by atoms with van der Waals surface area (Å²) in [6.07, 6.45) is 0.408. The van der Waals surface area contributed by atoms with E-state index in [4.69, 9.17) is 16.3 Å². The van der Waals surface area contributed by atoms with Gasteiger partial charge in [-0.1, -0.05) is 11.6 Å². The third-order valence-electron chi connectivity index (χ3n) is 1.63. The van der Waals surface area contributed by atoms with Gasteiger partial charge in [-0.2, -0.15) is 4.98 Å². The minimum atomic E-state index is 0.295. The van der Waals surface area contributed by atoms with Crippen molar-refractivity contribution in [2.75, 3.05) is 14.2 Å². The maximum Gasteiger partial charge on any atom is 0.302 e. The van der Waals surface area contributed by atoms with Crippen molar-refractivity contribution in [1.29, 1.82) is 0 Å². The number of ether oxygens (including phenoxy) is 1. The maximum absolute atomic E-state index is 5.91. The molecule has 0 saturated heterocycles. The standard InChI is InChI=1S/C7H9ClIN4OP/c1-10-5(8)4-6(11-2)13(15-9)7(12-4)14-3/h15H,2H2,1,3H3. The fourth-order valence-corrected chi connectivity index (χ4v) is 2.90. The lowest BCUT2D eigenvalue weighted by Crippen LogP contribution is -1.92. The normalized spacial score (nSPS) is 12.4. The van der Waals surface area contributed by atoms with Crippen molar-refractivity contribution in [3.8, 4) is 6.01 Å². The van der Waals surface area contributed by atoms with Crippen LogP contribution in [0.25, 0.3) is 0 Å². The number of aromatic nitrogens is 2. The second kappa shape index (κ2) is 5.77. The Morgan fingerprint density at radius 1 is 1.73 bits per heavy atom. The van der Waals surface area contributed by atoms with Crippen molar-refractivity contribution in [1.82, 2.24) is 9.32 Å². The van der Waals surface area contributed by atoms with E-state index in [0.29, 0.717) is 29.1 Å². The molecule has 0 aromatic carbocycles. The van der Waals surface area contributed by atoms with Crippen LogP contribution >= 0.6 is 40.0 Å². The highest BCUT2D eigenvalue weighted by molar-refractivity contribution is 14.2. The van der Waals surface area contributed by atoms with Crippen LogP contribution in [0.1, 0.15) is 5.69 Å². The monoisotopic (exact) mass is 358 g/mol. The maximum atomic E-state index is 5.91. The van der Waals surface area contributed by atoms with Crippen LogP contribution in [0.3, 0.4) is 0 Å². The number of aliphatic imine (C=N–C) groups is 2. The Balaban J connectivity index is 3.40. The number of hydrogen-bond donors (Lipinski definition) is 0. The van der Waals surface area contributed by atoms with E-state index in [-0.39, 0.29) is 0 Å². The van der Waals surface area contributed by atoms with Crippen LogP contribution in [0, 0.1) is 0 Å². The third-order valence-corrected chi connectivity index (χ3v) is 4.00. The van der Waals surface area contributed by atoms with Crippen molar-refractivity contribution in [3.05, 3.63) is 5.69 Å². The first-order chi connectivity index (χ1) is 7.19. The fourth-order valence-electron chi connectivity index (χ4n) is 0.995. The molecule has 82 valence electrons. The van der Waals surface area contributed by atoms with Gasteiger partial charge in [-0.15, -0.1) is 0 Å². The Hall–Kier alpha value is -0.200. The average Bonchev–Trinajstić information content (AvgIpc) is 2.65. The number of methoxy groups -OCH3 is 1. The molecule has 0 saturated carbocycles. The summed E-state index contributed by atoms with van der Waals surface area (Å²) in [4.78, 5) is 11.9. The highest BCUT2D eigenvalue weighted by atomic mass is 127. The number of nitrogens with zero attached hydrogens (tertiary/aromatic N) is 4. The van der Waals surface area contributed by atoms with Crippen molar-refractivity contribution < 1.29 is 4.74 Å². The largest absolute Gasteiger partial charge is 0.468 e. The van der Waals surface area contributed by atoms with Gasteiger partial charge in [-0.25, -0.2) is 9.33 Å². The molecule has 1 rings (SSSR count). The third kappa shape index (κ3) is 2.49. The van der Waals surface area contributed by atoms with Gasteiger partial charge in [0.05, 0.1) is 13.5 Å². The van der Waals surface area contributed by atoms with Gasteiger partial charge in [0.1, 0.15) is 5.69 Å². The fraction of sp³-hybridized carbons (Fsp3) is 0.286. The smallest absolute Gasteiger partial charge is 0.302 e. The zero-order valence-electron chi connectivity index (χ0n) is 8.16. The molecule has 0 N–H and O–H groups in total. The molecule has 1 aromatic rings. The lowest BCUT2D eigenvalue weighted by Gasteiger charge is -2.02. The number of halogens is 2. The number of imidazole rings is 1. The Labute approximate surface area is 107 Å². The molecule has 0 aliphatic heterocycles. The molecule has 1 heterocycles. The zero-order valence-corrected chi connectivity index (χ0v) is 12.1. The average molecular weight is 359 g/mol. The first-order valence-electron chi connectivity index (χ1n) is 3.82. The van der Waals surface area contributed by atoms with Gasteiger partial charge >= 0.3 is 6.01 Å². The van der Waals surface area contributed by atoms with E-state index in [1.165, 1.54) is 0 Å². The lowest BCUT2D eigenvalue weighted by molar-refractivity contribution is 0.380.